The first kappa shape index (κ1) is 19.2. The molecule has 0 atom stereocenters. The van der Waals surface area contributed by atoms with Crippen LogP contribution >= 0.6 is 11.5 Å². The van der Waals surface area contributed by atoms with Crippen molar-refractivity contribution in [1.29, 1.82) is 0 Å². The first-order valence-corrected chi connectivity index (χ1v) is 9.30. The highest BCUT2D eigenvalue weighted by Crippen LogP contribution is 2.29. The predicted octanol–water partition coefficient (Wildman–Crippen LogP) is 3.11. The molecule has 0 aliphatic carbocycles. The van der Waals surface area contributed by atoms with Crippen molar-refractivity contribution in [3.63, 3.8) is 0 Å². The van der Waals surface area contributed by atoms with E-state index >= 15 is 0 Å². The largest absolute Gasteiger partial charge is 0.344 e. The number of nitrogens with one attached hydrogen (secondary N) is 1. The molecule has 6 nitrogen and oxygen atoms in total. The summed E-state index contributed by atoms with van der Waals surface area (Å²) in [6, 6.07) is 5.65. The van der Waals surface area contributed by atoms with Crippen LogP contribution in [0.5, 0.6) is 0 Å². The highest BCUT2D eigenvalue weighted by molar-refractivity contribution is 7.03. The fraction of sp³-hybridized carbons (Fsp3) is 0.500. The molecule has 0 radical (unpaired) electrons. The zero-order valence-electron chi connectivity index (χ0n) is 15.7. The molecule has 0 aliphatic rings. The van der Waals surface area contributed by atoms with Crippen LogP contribution in [0.25, 0.3) is 5.69 Å². The smallest absolute Gasteiger partial charge is 0.336 e. The van der Waals surface area contributed by atoms with E-state index in [2.05, 4.69) is 38.0 Å². The lowest BCUT2D eigenvalue weighted by Gasteiger charge is -2.19. The number of aromatic nitrogens is 2. The average Bonchev–Trinajstić information content (AvgIpc) is 2.80. The van der Waals surface area contributed by atoms with Gasteiger partial charge in [-0.1, -0.05) is 45.9 Å². The molecule has 0 saturated carbocycles. The number of urea groups is 1. The Morgan fingerprint density at radius 3 is 2.24 bits per heavy atom. The average molecular weight is 362 g/mol. The lowest BCUT2D eigenvalue weighted by atomic mass is 9.92. The number of amides is 2. The van der Waals surface area contributed by atoms with Gasteiger partial charge in [0.25, 0.3) is 0 Å². The Balaban J connectivity index is 2.88. The monoisotopic (exact) mass is 362 g/mol. The van der Waals surface area contributed by atoms with Gasteiger partial charge in [-0.2, -0.15) is 4.99 Å². The molecule has 136 valence electrons. The van der Waals surface area contributed by atoms with Crippen molar-refractivity contribution in [2.75, 3.05) is 6.54 Å². The van der Waals surface area contributed by atoms with Crippen LogP contribution in [0.2, 0.25) is 0 Å². The van der Waals surface area contributed by atoms with Gasteiger partial charge >= 0.3 is 11.7 Å². The number of hydrogen-bond acceptors (Lipinski definition) is 3. The van der Waals surface area contributed by atoms with E-state index in [1.165, 1.54) is 15.5 Å². The maximum Gasteiger partial charge on any atom is 0.344 e. The molecule has 0 spiro atoms. The second-order valence-corrected chi connectivity index (χ2v) is 7.63. The Morgan fingerprint density at radius 1 is 1.20 bits per heavy atom. The molecule has 7 heteroatoms. The molecular weight excluding hydrogens is 336 g/mol. The maximum atomic E-state index is 12.8. The minimum Gasteiger partial charge on any atom is -0.336 e. The number of para-hydroxylation sites is 1. The van der Waals surface area contributed by atoms with Crippen molar-refractivity contribution < 1.29 is 4.79 Å². The SMILES string of the molecule is CCNC(=O)/N=c1\sn(C)c(=O)n1-c1c(C(C)C)cccc1C(C)C. The number of aryl methyl sites for hydroxylation is 1. The van der Waals surface area contributed by atoms with E-state index in [1.807, 2.05) is 25.1 Å². The molecule has 2 rings (SSSR count). The van der Waals surface area contributed by atoms with E-state index in [4.69, 9.17) is 0 Å². The minimum atomic E-state index is -0.439. The van der Waals surface area contributed by atoms with E-state index in [1.54, 1.807) is 11.6 Å². The van der Waals surface area contributed by atoms with Crippen molar-refractivity contribution in [2.24, 2.45) is 12.0 Å². The second-order valence-electron chi connectivity index (χ2n) is 6.53. The van der Waals surface area contributed by atoms with Crippen LogP contribution in [0.4, 0.5) is 4.79 Å². The minimum absolute atomic E-state index is 0.192. The molecule has 1 aromatic carbocycles. The number of rotatable bonds is 4. The summed E-state index contributed by atoms with van der Waals surface area (Å²) in [6.45, 7) is 10.7. The van der Waals surface area contributed by atoms with Crippen molar-refractivity contribution >= 4 is 17.6 Å². The molecule has 2 amide bonds. The molecular formula is C18H26N4O2S. The lowest BCUT2D eigenvalue weighted by Crippen LogP contribution is -2.31. The summed E-state index contributed by atoms with van der Waals surface area (Å²) in [5, 5.41) is 2.65. The molecule has 0 bridgehead atoms. The number of nitrogens with zero attached hydrogens (tertiary/aromatic N) is 3. The fourth-order valence-electron chi connectivity index (χ4n) is 2.73. The van der Waals surface area contributed by atoms with Crippen molar-refractivity contribution in [1.82, 2.24) is 13.8 Å². The Bertz CT molecular complexity index is 861. The third-order valence-electron chi connectivity index (χ3n) is 3.96. The third kappa shape index (κ3) is 3.92. The summed E-state index contributed by atoms with van der Waals surface area (Å²) in [4.78, 5) is 29.3. The van der Waals surface area contributed by atoms with Crippen LogP contribution in [0.1, 0.15) is 57.6 Å². The molecule has 0 saturated heterocycles. The van der Waals surface area contributed by atoms with E-state index in [9.17, 15) is 9.59 Å². The standard InChI is InChI=1S/C18H26N4O2S/c1-7-19-16(23)20-17-22(18(24)21(6)25-17)15-13(11(2)3)9-8-10-14(15)12(4)5/h8-12H,7H2,1-6H3,(H,19,23)/b20-17-. The van der Waals surface area contributed by atoms with Gasteiger partial charge in [-0.3, -0.25) is 0 Å². The first-order chi connectivity index (χ1) is 11.8. The first-order valence-electron chi connectivity index (χ1n) is 8.53. The van der Waals surface area contributed by atoms with Gasteiger partial charge in [0.15, 0.2) is 0 Å². The van der Waals surface area contributed by atoms with Crippen LogP contribution in [0, 0.1) is 0 Å². The maximum absolute atomic E-state index is 12.8. The lowest BCUT2D eigenvalue weighted by molar-refractivity contribution is 0.249. The molecule has 0 fully saturated rings. The Morgan fingerprint density at radius 2 is 1.76 bits per heavy atom. The summed E-state index contributed by atoms with van der Waals surface area (Å²) in [5.74, 6) is 0.478. The number of hydrogen-bond donors (Lipinski definition) is 1. The van der Waals surface area contributed by atoms with Crippen LogP contribution in [0.15, 0.2) is 28.0 Å². The van der Waals surface area contributed by atoms with E-state index in [0.29, 0.717) is 11.3 Å². The van der Waals surface area contributed by atoms with Crippen molar-refractivity contribution in [2.45, 2.75) is 46.5 Å². The van der Waals surface area contributed by atoms with Crippen LogP contribution in [-0.4, -0.2) is 21.1 Å². The Labute approximate surface area is 152 Å². The molecule has 0 aliphatic heterocycles. The topological polar surface area (TPSA) is 68.4 Å². The number of carbonyl (C=O) groups is 1. The highest BCUT2D eigenvalue weighted by atomic mass is 32.1. The van der Waals surface area contributed by atoms with Gasteiger partial charge < -0.3 is 5.32 Å². The summed E-state index contributed by atoms with van der Waals surface area (Å²) < 4.78 is 3.07. The summed E-state index contributed by atoms with van der Waals surface area (Å²) in [6.07, 6.45) is 0. The Hall–Kier alpha value is -2.15. The van der Waals surface area contributed by atoms with Gasteiger partial charge in [-0.05, 0) is 41.4 Å². The van der Waals surface area contributed by atoms with Gasteiger partial charge in [0.05, 0.1) is 5.69 Å². The Kier molecular flexibility index (Phi) is 6.00. The van der Waals surface area contributed by atoms with E-state index in [0.717, 1.165) is 16.8 Å². The van der Waals surface area contributed by atoms with Gasteiger partial charge in [0.2, 0.25) is 4.80 Å². The van der Waals surface area contributed by atoms with Gasteiger partial charge in [-0.25, -0.2) is 18.1 Å². The van der Waals surface area contributed by atoms with Gasteiger partial charge in [0.1, 0.15) is 0 Å². The number of benzene rings is 1. The van der Waals surface area contributed by atoms with Crippen molar-refractivity contribution in [3.05, 3.63) is 44.6 Å². The van der Waals surface area contributed by atoms with E-state index < -0.39 is 6.03 Å². The molecule has 25 heavy (non-hydrogen) atoms. The quantitative estimate of drug-likeness (QED) is 0.908. The molecule has 1 N–H and O–H groups in total. The molecule has 0 unspecified atom stereocenters. The van der Waals surface area contributed by atoms with E-state index in [-0.39, 0.29) is 17.5 Å². The molecule has 2 aromatic rings. The zero-order valence-corrected chi connectivity index (χ0v) is 16.5. The molecule has 1 heterocycles. The highest BCUT2D eigenvalue weighted by Gasteiger charge is 2.20. The van der Waals surface area contributed by atoms with Crippen molar-refractivity contribution in [3.8, 4) is 5.69 Å². The van der Waals surface area contributed by atoms with Crippen LogP contribution in [-0.2, 0) is 7.05 Å². The van der Waals surface area contributed by atoms with Crippen LogP contribution in [0.3, 0.4) is 0 Å². The zero-order chi connectivity index (χ0) is 18.7. The fourth-order valence-corrected chi connectivity index (χ4v) is 3.51. The van der Waals surface area contributed by atoms with Crippen LogP contribution < -0.4 is 15.8 Å². The van der Waals surface area contributed by atoms with Gasteiger partial charge in [0, 0.05) is 13.6 Å². The predicted molar refractivity (Wildman–Crippen MR) is 102 cm³/mol. The summed E-state index contributed by atoms with van der Waals surface area (Å²) >= 11 is 1.17. The van der Waals surface area contributed by atoms with Gasteiger partial charge in [-0.15, -0.1) is 0 Å². The molecule has 1 aromatic heterocycles. The number of carbonyl (C=O) groups excluding carboxylic acids is 1. The summed E-state index contributed by atoms with van der Waals surface area (Å²) in [7, 11) is 1.69. The summed E-state index contributed by atoms with van der Waals surface area (Å²) in [5.41, 5.74) is 2.79. The third-order valence-corrected chi connectivity index (χ3v) is 4.83. The second kappa shape index (κ2) is 7.82. The normalized spacial score (nSPS) is 12.2.